The molecule has 0 aromatic carbocycles. The maximum absolute atomic E-state index is 12.2. The molecule has 1 heterocycles. The fraction of sp³-hybridized carbons (Fsp3) is 0.571. The summed E-state index contributed by atoms with van der Waals surface area (Å²) in [6.45, 7) is -0.532. The molecule has 0 aliphatic carbocycles. The summed E-state index contributed by atoms with van der Waals surface area (Å²) in [5.74, 6) is -1.35. The van der Waals surface area contributed by atoms with E-state index in [-0.39, 0.29) is 5.13 Å². The van der Waals surface area contributed by atoms with Gasteiger partial charge in [-0.3, -0.25) is 4.79 Å². The van der Waals surface area contributed by atoms with Crippen LogP contribution in [0.3, 0.4) is 0 Å². The molecule has 0 fully saturated rings. The van der Waals surface area contributed by atoms with Crippen LogP contribution < -0.4 is 4.90 Å². The maximum Gasteiger partial charge on any atom is 0.406 e. The predicted molar refractivity (Wildman–Crippen MR) is 50.5 cm³/mol. The SMILES string of the molecule is Cc1nnc(N(CC(=O)O)CC(F)(F)F)s1. The maximum atomic E-state index is 12.2. The van der Waals surface area contributed by atoms with Crippen LogP contribution in [0.1, 0.15) is 5.01 Å². The molecule has 1 rings (SSSR count). The van der Waals surface area contributed by atoms with Gasteiger partial charge >= 0.3 is 12.1 Å². The third kappa shape index (κ3) is 4.01. The summed E-state index contributed by atoms with van der Waals surface area (Å²) in [5, 5.41) is 16.0. The van der Waals surface area contributed by atoms with Crippen LogP contribution in [0.4, 0.5) is 18.3 Å². The van der Waals surface area contributed by atoms with Crippen LogP contribution in [-0.2, 0) is 4.79 Å². The number of aromatic nitrogens is 2. The Morgan fingerprint density at radius 2 is 2.12 bits per heavy atom. The number of alkyl halides is 3. The Morgan fingerprint density at radius 1 is 1.50 bits per heavy atom. The number of hydrogen-bond donors (Lipinski definition) is 1. The van der Waals surface area contributed by atoms with Crippen molar-refractivity contribution in [3.63, 3.8) is 0 Å². The molecule has 0 spiro atoms. The van der Waals surface area contributed by atoms with Gasteiger partial charge in [-0.15, -0.1) is 10.2 Å². The van der Waals surface area contributed by atoms with Crippen molar-refractivity contribution in [1.82, 2.24) is 10.2 Å². The van der Waals surface area contributed by atoms with Gasteiger partial charge in [-0.1, -0.05) is 11.3 Å². The van der Waals surface area contributed by atoms with Gasteiger partial charge in [-0.25, -0.2) is 0 Å². The molecule has 1 aromatic heterocycles. The number of nitrogens with zero attached hydrogens (tertiary/aromatic N) is 3. The first-order valence-corrected chi connectivity index (χ1v) is 4.93. The largest absolute Gasteiger partial charge is 0.480 e. The second-order valence-corrected chi connectivity index (χ2v) is 4.13. The van der Waals surface area contributed by atoms with E-state index in [2.05, 4.69) is 10.2 Å². The lowest BCUT2D eigenvalue weighted by atomic mass is 10.5. The van der Waals surface area contributed by atoms with Crippen molar-refractivity contribution < 1.29 is 23.1 Å². The van der Waals surface area contributed by atoms with Gasteiger partial charge in [0.25, 0.3) is 0 Å². The first-order chi connectivity index (χ1) is 7.28. The van der Waals surface area contributed by atoms with Crippen LogP contribution in [0.5, 0.6) is 0 Å². The van der Waals surface area contributed by atoms with Gasteiger partial charge in [0.05, 0.1) is 0 Å². The highest BCUT2D eigenvalue weighted by molar-refractivity contribution is 7.15. The van der Waals surface area contributed by atoms with Crippen molar-refractivity contribution in [2.24, 2.45) is 0 Å². The Hall–Kier alpha value is -1.38. The molecule has 0 atom stereocenters. The van der Waals surface area contributed by atoms with E-state index in [4.69, 9.17) is 5.11 Å². The topological polar surface area (TPSA) is 66.3 Å². The highest BCUT2D eigenvalue weighted by atomic mass is 32.1. The van der Waals surface area contributed by atoms with E-state index in [1.54, 1.807) is 6.92 Å². The minimum atomic E-state index is -4.48. The van der Waals surface area contributed by atoms with E-state index in [9.17, 15) is 18.0 Å². The van der Waals surface area contributed by atoms with Crippen molar-refractivity contribution >= 4 is 22.4 Å². The smallest absolute Gasteiger partial charge is 0.406 e. The zero-order chi connectivity index (χ0) is 12.3. The summed E-state index contributed by atoms with van der Waals surface area (Å²) in [6, 6.07) is 0. The number of aryl methyl sites for hydroxylation is 1. The molecule has 9 heteroatoms. The van der Waals surface area contributed by atoms with Crippen LogP contribution in [0.2, 0.25) is 0 Å². The Kier molecular flexibility index (Phi) is 3.68. The van der Waals surface area contributed by atoms with Crippen LogP contribution in [0, 0.1) is 6.92 Å². The van der Waals surface area contributed by atoms with Crippen LogP contribution in [-0.4, -0.2) is 40.5 Å². The summed E-state index contributed by atoms with van der Waals surface area (Å²) in [4.78, 5) is 11.1. The minimum Gasteiger partial charge on any atom is -0.480 e. The number of rotatable bonds is 4. The average Bonchev–Trinajstić information content (AvgIpc) is 2.47. The van der Waals surface area contributed by atoms with Gasteiger partial charge < -0.3 is 10.0 Å². The van der Waals surface area contributed by atoms with Crippen molar-refractivity contribution in [2.75, 3.05) is 18.0 Å². The minimum absolute atomic E-state index is 0.0442. The zero-order valence-corrected chi connectivity index (χ0v) is 8.97. The van der Waals surface area contributed by atoms with Gasteiger partial charge in [0.2, 0.25) is 5.13 Å². The van der Waals surface area contributed by atoms with E-state index in [0.29, 0.717) is 9.91 Å². The van der Waals surface area contributed by atoms with Crippen LogP contribution >= 0.6 is 11.3 Å². The van der Waals surface area contributed by atoms with Gasteiger partial charge in [0.15, 0.2) is 0 Å². The van der Waals surface area contributed by atoms with E-state index in [1.165, 1.54) is 0 Å². The molecule has 1 aromatic rings. The Bertz CT molecular complexity index is 379. The van der Waals surface area contributed by atoms with Crippen LogP contribution in [0.25, 0.3) is 0 Å². The van der Waals surface area contributed by atoms with Gasteiger partial charge in [-0.2, -0.15) is 13.2 Å². The monoisotopic (exact) mass is 255 g/mol. The Morgan fingerprint density at radius 3 is 2.50 bits per heavy atom. The molecular weight excluding hydrogens is 247 g/mol. The number of carbonyl (C=O) groups is 1. The molecule has 0 radical (unpaired) electrons. The number of carboxylic acid groups (broad SMARTS) is 1. The second kappa shape index (κ2) is 4.64. The van der Waals surface area contributed by atoms with Crippen molar-refractivity contribution in [1.29, 1.82) is 0 Å². The van der Waals surface area contributed by atoms with Gasteiger partial charge in [0, 0.05) is 0 Å². The summed E-state index contributed by atoms with van der Waals surface area (Å²) in [7, 11) is 0. The molecule has 16 heavy (non-hydrogen) atoms. The Labute approximate surface area is 92.5 Å². The summed E-state index contributed by atoms with van der Waals surface area (Å²) < 4.78 is 36.5. The number of halogens is 3. The summed E-state index contributed by atoms with van der Waals surface area (Å²) in [6.07, 6.45) is -4.48. The molecular formula is C7H8F3N3O2S. The van der Waals surface area contributed by atoms with Crippen molar-refractivity contribution in [2.45, 2.75) is 13.1 Å². The molecule has 0 aliphatic rings. The number of carboxylic acids is 1. The Balaban J connectivity index is 2.83. The highest BCUT2D eigenvalue weighted by Gasteiger charge is 2.33. The lowest BCUT2D eigenvalue weighted by Gasteiger charge is -2.20. The van der Waals surface area contributed by atoms with E-state index >= 15 is 0 Å². The third-order valence-corrected chi connectivity index (χ3v) is 2.38. The molecule has 0 amide bonds. The molecule has 5 nitrogen and oxygen atoms in total. The van der Waals surface area contributed by atoms with E-state index < -0.39 is 25.2 Å². The quantitative estimate of drug-likeness (QED) is 0.878. The highest BCUT2D eigenvalue weighted by Crippen LogP contribution is 2.24. The van der Waals surface area contributed by atoms with Crippen molar-refractivity contribution in [3.05, 3.63) is 5.01 Å². The normalized spacial score (nSPS) is 11.5. The van der Waals surface area contributed by atoms with E-state index in [1.807, 2.05) is 0 Å². The predicted octanol–water partition coefficient (Wildman–Crippen LogP) is 1.30. The average molecular weight is 255 g/mol. The molecule has 0 saturated carbocycles. The fourth-order valence-electron chi connectivity index (χ4n) is 0.985. The lowest BCUT2D eigenvalue weighted by Crippen LogP contribution is -2.37. The fourth-order valence-corrected chi connectivity index (χ4v) is 1.67. The summed E-state index contributed by atoms with van der Waals surface area (Å²) in [5.41, 5.74) is 0. The van der Waals surface area contributed by atoms with Gasteiger partial charge in [-0.05, 0) is 6.92 Å². The molecule has 0 aliphatic heterocycles. The van der Waals surface area contributed by atoms with Crippen LogP contribution in [0.15, 0.2) is 0 Å². The van der Waals surface area contributed by atoms with Gasteiger partial charge in [0.1, 0.15) is 18.1 Å². The zero-order valence-electron chi connectivity index (χ0n) is 8.15. The molecule has 0 saturated heterocycles. The third-order valence-electron chi connectivity index (χ3n) is 1.48. The standard InChI is InChI=1S/C7H8F3N3O2S/c1-4-11-12-6(16-4)13(2-5(14)15)3-7(8,9)10/h2-3H2,1H3,(H,14,15). The second-order valence-electron chi connectivity index (χ2n) is 2.97. The molecule has 90 valence electrons. The molecule has 1 N–H and O–H groups in total. The molecule has 0 bridgehead atoms. The number of aliphatic carboxylic acids is 1. The van der Waals surface area contributed by atoms with Crippen molar-refractivity contribution in [3.8, 4) is 0 Å². The lowest BCUT2D eigenvalue weighted by molar-refractivity contribution is -0.136. The first kappa shape index (κ1) is 12.7. The molecule has 0 unspecified atom stereocenters. The summed E-state index contributed by atoms with van der Waals surface area (Å²) >= 11 is 0.919. The first-order valence-electron chi connectivity index (χ1n) is 4.11. The number of hydrogen-bond acceptors (Lipinski definition) is 5. The number of anilines is 1. The van der Waals surface area contributed by atoms with E-state index in [0.717, 1.165) is 11.3 Å².